The van der Waals surface area contributed by atoms with E-state index in [0.29, 0.717) is 16.7 Å². The van der Waals surface area contributed by atoms with Gasteiger partial charge in [0.25, 0.3) is 0 Å². The molecule has 3 aromatic carbocycles. The number of ether oxygens (including phenoxy) is 3. The quantitative estimate of drug-likeness (QED) is 0.0880. The molecule has 0 aliphatic heterocycles. The minimum absolute atomic E-state index is 0.415. The van der Waals surface area contributed by atoms with Gasteiger partial charge in [0.2, 0.25) is 0 Å². The second-order valence-corrected chi connectivity index (χ2v) is 16.5. The summed E-state index contributed by atoms with van der Waals surface area (Å²) in [7, 11) is 0. The van der Waals surface area contributed by atoms with E-state index in [1.807, 2.05) is 36.4 Å². The number of esters is 3. The molecule has 0 saturated heterocycles. The van der Waals surface area contributed by atoms with E-state index in [0.717, 1.165) is 9.81 Å². The first-order chi connectivity index (χ1) is 19.5. The molecule has 0 aliphatic carbocycles. The van der Waals surface area contributed by atoms with Crippen molar-refractivity contribution >= 4 is 49.5 Å². The van der Waals surface area contributed by atoms with E-state index >= 15 is 0 Å². The van der Waals surface area contributed by atoms with Crippen LogP contribution in [0.2, 0.25) is 0 Å². The number of carbonyl (C=O) groups is 3. The molecule has 0 radical (unpaired) electrons. The molecule has 0 unspecified atom stereocenters. The first-order valence-corrected chi connectivity index (χ1v) is 17.3. The summed E-state index contributed by atoms with van der Waals surface area (Å²) in [5.41, 5.74) is 1.24. The predicted molar refractivity (Wildman–Crippen MR) is 158 cm³/mol. The summed E-state index contributed by atoms with van der Waals surface area (Å²) in [6, 6.07) is 22.0. The fourth-order valence-corrected chi connectivity index (χ4v) is 12.1. The molecule has 7 heteroatoms. The van der Waals surface area contributed by atoms with Crippen LogP contribution in [0, 0.1) is 0 Å². The second kappa shape index (κ2) is 15.7. The zero-order chi connectivity index (χ0) is 28.7. The zero-order valence-corrected chi connectivity index (χ0v) is 25.1. The van der Waals surface area contributed by atoms with Crippen molar-refractivity contribution in [1.82, 2.24) is 0 Å². The number of hydrogen-bond acceptors (Lipinski definition) is 6. The van der Waals surface area contributed by atoms with Crippen LogP contribution in [-0.4, -0.2) is 39.7 Å². The number of benzene rings is 3. The Bertz CT molecular complexity index is 1270. The normalized spacial score (nSPS) is 11.0. The van der Waals surface area contributed by atoms with Crippen LogP contribution in [0.1, 0.15) is 31.1 Å². The van der Waals surface area contributed by atoms with Crippen LogP contribution in [0.5, 0.6) is 0 Å². The molecule has 3 aromatic rings. The Morgan fingerprint density at radius 3 is 0.950 bits per heavy atom. The molecule has 40 heavy (non-hydrogen) atoms. The molecule has 200 valence electrons. The van der Waals surface area contributed by atoms with Gasteiger partial charge in [0.1, 0.15) is 0 Å². The number of allylic oxidation sites excluding steroid dienone is 6. The predicted octanol–water partition coefficient (Wildman–Crippen LogP) is 4.77. The van der Waals surface area contributed by atoms with Crippen LogP contribution in [0.4, 0.5) is 0 Å². The van der Waals surface area contributed by atoms with Crippen molar-refractivity contribution in [1.29, 1.82) is 0 Å². The van der Waals surface area contributed by atoms with Crippen molar-refractivity contribution in [3.8, 4) is 0 Å². The standard InChI is InChI=1S/3C11H9O2.Bi/c3*1-2-3-9-13-11(12)10-7-5-4-6-8-10;/h3*2-3,5-9H,1H2;. The van der Waals surface area contributed by atoms with E-state index in [4.69, 9.17) is 14.2 Å². The third-order valence-corrected chi connectivity index (χ3v) is 14.8. The van der Waals surface area contributed by atoms with Crippen molar-refractivity contribution < 1.29 is 28.6 Å². The van der Waals surface area contributed by atoms with E-state index in [9.17, 15) is 14.4 Å². The van der Waals surface area contributed by atoms with E-state index < -0.39 is 39.7 Å². The van der Waals surface area contributed by atoms with Gasteiger partial charge >= 0.3 is 243 Å². The molecule has 0 aliphatic rings. The molecular weight excluding hydrogens is 701 g/mol. The first kappa shape index (κ1) is 29.9. The zero-order valence-electron chi connectivity index (χ0n) is 21.6. The average molecular weight is 729 g/mol. The summed E-state index contributed by atoms with van der Waals surface area (Å²) in [4.78, 5) is 37.0. The second-order valence-electron chi connectivity index (χ2n) is 7.88. The summed E-state index contributed by atoms with van der Waals surface area (Å²) in [5.74, 6) is -1.42. The van der Waals surface area contributed by atoms with Gasteiger partial charge in [-0.3, -0.25) is 0 Å². The molecule has 6 nitrogen and oxygen atoms in total. The summed E-state index contributed by atoms with van der Waals surface area (Å²) in [6.45, 7) is 10.6. The van der Waals surface area contributed by atoms with Crippen molar-refractivity contribution in [2.45, 2.75) is 0 Å². The van der Waals surface area contributed by atoms with Crippen LogP contribution in [0.25, 0.3) is 0 Å². The number of hydrogen-bond donors (Lipinski definition) is 0. The number of rotatable bonds is 12. The molecule has 0 N–H and O–H groups in total. The van der Waals surface area contributed by atoms with Crippen molar-refractivity contribution in [3.05, 3.63) is 164 Å². The third kappa shape index (κ3) is 8.45. The Labute approximate surface area is 241 Å². The third-order valence-electron chi connectivity index (χ3n) is 5.25. The van der Waals surface area contributed by atoms with Crippen LogP contribution in [0.3, 0.4) is 0 Å². The topological polar surface area (TPSA) is 78.9 Å². The van der Waals surface area contributed by atoms with E-state index in [1.165, 1.54) is 55.2 Å². The molecule has 0 amide bonds. The number of carbonyl (C=O) groups excluding carboxylic acids is 3. The Kier molecular flexibility index (Phi) is 11.8. The summed E-state index contributed by atoms with van der Waals surface area (Å²) >= 11 is -2.93. The van der Waals surface area contributed by atoms with Gasteiger partial charge in [-0.15, -0.1) is 0 Å². The van der Waals surface area contributed by atoms with Gasteiger partial charge in [-0.1, -0.05) is 0 Å². The van der Waals surface area contributed by atoms with Crippen LogP contribution < -0.4 is 9.81 Å². The molecule has 3 rings (SSSR count). The minimum atomic E-state index is -2.93. The van der Waals surface area contributed by atoms with Gasteiger partial charge in [0.05, 0.1) is 0 Å². The maximum absolute atomic E-state index is 12.3. The van der Waals surface area contributed by atoms with E-state index in [1.54, 1.807) is 36.4 Å². The Balaban J connectivity index is 1.94. The van der Waals surface area contributed by atoms with Gasteiger partial charge in [-0.25, -0.2) is 0 Å². The molecule has 0 fully saturated rings. The summed E-state index contributed by atoms with van der Waals surface area (Å²) < 4.78 is 18.5. The van der Waals surface area contributed by atoms with E-state index in [2.05, 4.69) is 19.7 Å². The molecule has 0 bridgehead atoms. The van der Waals surface area contributed by atoms with Gasteiger partial charge < -0.3 is 0 Å². The van der Waals surface area contributed by atoms with Gasteiger partial charge in [-0.05, 0) is 0 Å². The first-order valence-electron chi connectivity index (χ1n) is 12.0. The molecular formula is C33H27BiO6. The summed E-state index contributed by atoms with van der Waals surface area (Å²) in [5, 5.41) is 0. The van der Waals surface area contributed by atoms with Gasteiger partial charge in [0, 0.05) is 0 Å². The van der Waals surface area contributed by atoms with Crippen LogP contribution >= 0.6 is 0 Å². The molecule has 0 spiro atoms. The summed E-state index contributed by atoms with van der Waals surface area (Å²) in [6.07, 6.45) is 13.0. The van der Waals surface area contributed by atoms with E-state index in [-0.39, 0.29) is 0 Å². The van der Waals surface area contributed by atoms with Crippen molar-refractivity contribution in [2.24, 2.45) is 0 Å². The monoisotopic (exact) mass is 728 g/mol. The molecule has 0 saturated carbocycles. The Morgan fingerprint density at radius 2 is 0.725 bits per heavy atom. The Morgan fingerprint density at radius 1 is 0.475 bits per heavy atom. The maximum atomic E-state index is 12.3. The molecule has 0 aromatic heterocycles. The van der Waals surface area contributed by atoms with Gasteiger partial charge in [0.15, 0.2) is 0 Å². The Hall–Kier alpha value is -4.61. The fourth-order valence-electron chi connectivity index (χ4n) is 3.36. The van der Waals surface area contributed by atoms with Crippen LogP contribution in [0.15, 0.2) is 148 Å². The molecule has 0 heterocycles. The fraction of sp³-hybridized carbons (Fsp3) is 0. The van der Waals surface area contributed by atoms with Crippen molar-refractivity contribution in [2.75, 3.05) is 0 Å². The van der Waals surface area contributed by atoms with Gasteiger partial charge in [-0.2, -0.15) is 0 Å². The molecule has 0 atom stereocenters. The average Bonchev–Trinajstić information content (AvgIpc) is 2.98. The van der Waals surface area contributed by atoms with Crippen LogP contribution in [-0.2, 0) is 14.2 Å². The van der Waals surface area contributed by atoms with Crippen molar-refractivity contribution in [3.63, 3.8) is 0 Å². The SMILES string of the molecule is C=CC=COC(=O)c1cc[c]([Bi]([c]2ccc(C(=O)OC=CC=C)cc2)[c]2ccc(C(=O)OC=CC=C)cc2)cc1.